The molecule has 0 saturated carbocycles. The number of H-pyrrole nitrogens is 1. The monoisotopic (exact) mass is 378 g/mol. The fourth-order valence-electron chi connectivity index (χ4n) is 3.58. The molecule has 1 saturated heterocycles. The molecular weight excluding hydrogens is 355 g/mol. The molecule has 3 aromatic rings. The number of aromatic nitrogens is 2. The van der Waals surface area contributed by atoms with Gasteiger partial charge >= 0.3 is 0 Å². The highest BCUT2D eigenvalue weighted by molar-refractivity contribution is 5.48. The third kappa shape index (κ3) is 3.91. The Morgan fingerprint density at radius 1 is 0.964 bits per heavy atom. The largest absolute Gasteiger partial charge is 0.368 e. The molecule has 144 valence electrons. The fraction of sp³-hybridized carbons (Fsp3) is 0.273. The SMILES string of the molecule is Cc1nc(N2CCN(c3ccc(F)cc3)CC2)[nH]c(=O)c1Cc1ccccc1. The Morgan fingerprint density at radius 2 is 1.61 bits per heavy atom. The van der Waals surface area contributed by atoms with Crippen LogP contribution in [0.5, 0.6) is 0 Å². The van der Waals surface area contributed by atoms with E-state index in [9.17, 15) is 9.18 Å². The number of aromatic amines is 1. The normalized spacial score (nSPS) is 14.4. The Bertz CT molecular complexity index is 993. The highest BCUT2D eigenvalue weighted by atomic mass is 19.1. The molecule has 0 bridgehead atoms. The Labute approximate surface area is 163 Å². The van der Waals surface area contributed by atoms with Crippen LogP contribution in [0.1, 0.15) is 16.8 Å². The van der Waals surface area contributed by atoms with Crippen LogP contribution in [0.4, 0.5) is 16.0 Å². The molecule has 1 N–H and O–H groups in total. The minimum atomic E-state index is -0.227. The van der Waals surface area contributed by atoms with Crippen LogP contribution in [0.15, 0.2) is 59.4 Å². The number of halogens is 1. The zero-order chi connectivity index (χ0) is 19.5. The molecule has 0 unspecified atom stereocenters. The number of hydrogen-bond donors (Lipinski definition) is 1. The molecule has 0 spiro atoms. The molecule has 0 radical (unpaired) electrons. The number of aryl methyl sites for hydroxylation is 1. The number of hydrogen-bond acceptors (Lipinski definition) is 4. The molecule has 4 rings (SSSR count). The molecule has 5 nitrogen and oxygen atoms in total. The van der Waals surface area contributed by atoms with Gasteiger partial charge in [0.05, 0.1) is 5.69 Å². The van der Waals surface area contributed by atoms with Gasteiger partial charge in [-0.25, -0.2) is 9.37 Å². The van der Waals surface area contributed by atoms with E-state index >= 15 is 0 Å². The van der Waals surface area contributed by atoms with Crippen LogP contribution in [0.2, 0.25) is 0 Å². The van der Waals surface area contributed by atoms with E-state index in [-0.39, 0.29) is 11.4 Å². The zero-order valence-electron chi connectivity index (χ0n) is 15.9. The number of nitrogens with zero attached hydrogens (tertiary/aromatic N) is 3. The average Bonchev–Trinajstić information content (AvgIpc) is 2.72. The Hall–Kier alpha value is -3.15. The van der Waals surface area contributed by atoms with Crippen molar-refractivity contribution < 1.29 is 4.39 Å². The predicted molar refractivity (Wildman–Crippen MR) is 110 cm³/mol. The van der Waals surface area contributed by atoms with E-state index < -0.39 is 0 Å². The summed E-state index contributed by atoms with van der Waals surface area (Å²) in [5.74, 6) is 0.397. The first-order valence-electron chi connectivity index (χ1n) is 9.49. The fourth-order valence-corrected chi connectivity index (χ4v) is 3.58. The summed E-state index contributed by atoms with van der Waals surface area (Å²) in [6.07, 6.45) is 0.577. The minimum Gasteiger partial charge on any atom is -0.368 e. The predicted octanol–water partition coefficient (Wildman–Crippen LogP) is 3.13. The van der Waals surface area contributed by atoms with E-state index in [1.807, 2.05) is 37.3 Å². The molecule has 1 aliphatic heterocycles. The van der Waals surface area contributed by atoms with Crippen LogP contribution >= 0.6 is 0 Å². The van der Waals surface area contributed by atoms with Crippen LogP contribution < -0.4 is 15.4 Å². The highest BCUT2D eigenvalue weighted by Gasteiger charge is 2.20. The van der Waals surface area contributed by atoms with E-state index in [0.29, 0.717) is 17.9 Å². The molecule has 1 aromatic heterocycles. The maximum atomic E-state index is 13.1. The van der Waals surface area contributed by atoms with E-state index in [1.54, 1.807) is 12.1 Å². The average molecular weight is 378 g/mol. The van der Waals surface area contributed by atoms with E-state index in [0.717, 1.165) is 43.1 Å². The summed E-state index contributed by atoms with van der Waals surface area (Å²) in [6, 6.07) is 16.5. The van der Waals surface area contributed by atoms with Crippen LogP contribution in [-0.4, -0.2) is 36.1 Å². The first kappa shape index (κ1) is 18.2. The van der Waals surface area contributed by atoms with E-state index in [1.165, 1.54) is 12.1 Å². The Kier molecular flexibility index (Phi) is 5.10. The summed E-state index contributed by atoms with van der Waals surface area (Å²) in [4.78, 5) is 24.6. The third-order valence-electron chi connectivity index (χ3n) is 5.20. The van der Waals surface area contributed by atoms with Gasteiger partial charge in [0.15, 0.2) is 0 Å². The molecule has 0 amide bonds. The molecule has 1 fully saturated rings. The summed E-state index contributed by atoms with van der Waals surface area (Å²) in [7, 11) is 0. The number of anilines is 2. The maximum absolute atomic E-state index is 13.1. The van der Waals surface area contributed by atoms with Crippen LogP contribution in [0, 0.1) is 12.7 Å². The van der Waals surface area contributed by atoms with Gasteiger partial charge in [-0.2, -0.15) is 0 Å². The number of nitrogens with one attached hydrogen (secondary N) is 1. The lowest BCUT2D eigenvalue weighted by Gasteiger charge is -2.36. The van der Waals surface area contributed by atoms with Crippen molar-refractivity contribution in [2.24, 2.45) is 0 Å². The van der Waals surface area contributed by atoms with Crippen molar-refractivity contribution >= 4 is 11.6 Å². The summed E-state index contributed by atoms with van der Waals surface area (Å²) >= 11 is 0. The van der Waals surface area contributed by atoms with Gasteiger partial charge in [0.25, 0.3) is 5.56 Å². The van der Waals surface area contributed by atoms with Gasteiger partial charge in [-0.3, -0.25) is 9.78 Å². The zero-order valence-corrected chi connectivity index (χ0v) is 15.9. The van der Waals surface area contributed by atoms with Gasteiger partial charge in [0.2, 0.25) is 5.95 Å². The second-order valence-electron chi connectivity index (χ2n) is 7.07. The third-order valence-corrected chi connectivity index (χ3v) is 5.20. The van der Waals surface area contributed by atoms with Crippen molar-refractivity contribution in [2.75, 3.05) is 36.0 Å². The smallest absolute Gasteiger partial charge is 0.256 e. The molecule has 6 heteroatoms. The molecule has 2 aromatic carbocycles. The van der Waals surface area contributed by atoms with E-state index in [2.05, 4.69) is 19.8 Å². The summed E-state index contributed by atoms with van der Waals surface area (Å²) in [6.45, 7) is 4.97. The maximum Gasteiger partial charge on any atom is 0.256 e. The summed E-state index contributed by atoms with van der Waals surface area (Å²) < 4.78 is 13.1. The van der Waals surface area contributed by atoms with Crippen LogP contribution in [-0.2, 0) is 6.42 Å². The van der Waals surface area contributed by atoms with Crippen molar-refractivity contribution in [3.63, 3.8) is 0 Å². The minimum absolute atomic E-state index is 0.0766. The molecule has 1 aliphatic rings. The molecular formula is C22H23FN4O. The van der Waals surface area contributed by atoms with Crippen molar-refractivity contribution in [2.45, 2.75) is 13.3 Å². The summed E-state index contributed by atoms with van der Waals surface area (Å²) in [5.41, 5.74) is 3.51. The highest BCUT2D eigenvalue weighted by Crippen LogP contribution is 2.19. The van der Waals surface area contributed by atoms with Crippen molar-refractivity contribution in [3.8, 4) is 0 Å². The molecule has 0 atom stereocenters. The standard InChI is InChI=1S/C22H23FN4O/c1-16-20(15-17-5-3-2-4-6-17)21(28)25-22(24-16)27-13-11-26(12-14-27)19-9-7-18(23)8-10-19/h2-10H,11-15H2,1H3,(H,24,25,28). The van der Waals surface area contributed by atoms with Gasteiger partial charge in [-0.15, -0.1) is 0 Å². The quantitative estimate of drug-likeness (QED) is 0.758. The number of rotatable bonds is 4. The number of benzene rings is 2. The first-order chi connectivity index (χ1) is 13.6. The van der Waals surface area contributed by atoms with Gasteiger partial charge in [-0.1, -0.05) is 30.3 Å². The van der Waals surface area contributed by atoms with Gasteiger partial charge in [-0.05, 0) is 36.8 Å². The lowest BCUT2D eigenvalue weighted by Crippen LogP contribution is -2.47. The van der Waals surface area contributed by atoms with E-state index in [4.69, 9.17) is 0 Å². The second kappa shape index (κ2) is 7.84. The lowest BCUT2D eigenvalue weighted by molar-refractivity contribution is 0.622. The molecule has 28 heavy (non-hydrogen) atoms. The van der Waals surface area contributed by atoms with Crippen molar-refractivity contribution in [3.05, 3.63) is 87.6 Å². The van der Waals surface area contributed by atoms with Gasteiger partial charge in [0.1, 0.15) is 5.82 Å². The molecule has 0 aliphatic carbocycles. The van der Waals surface area contributed by atoms with Gasteiger partial charge < -0.3 is 9.80 Å². The summed E-state index contributed by atoms with van der Waals surface area (Å²) in [5, 5.41) is 0. The topological polar surface area (TPSA) is 52.2 Å². The van der Waals surface area contributed by atoms with Gasteiger partial charge in [0, 0.05) is 43.9 Å². The number of piperazine rings is 1. The van der Waals surface area contributed by atoms with Crippen molar-refractivity contribution in [1.82, 2.24) is 9.97 Å². The Morgan fingerprint density at radius 3 is 2.25 bits per heavy atom. The lowest BCUT2D eigenvalue weighted by atomic mass is 10.1. The first-order valence-corrected chi connectivity index (χ1v) is 9.49. The Balaban J connectivity index is 1.47. The van der Waals surface area contributed by atoms with Crippen LogP contribution in [0.3, 0.4) is 0 Å². The molecule has 2 heterocycles. The second-order valence-corrected chi connectivity index (χ2v) is 7.07. The van der Waals surface area contributed by atoms with Crippen molar-refractivity contribution in [1.29, 1.82) is 0 Å². The van der Waals surface area contributed by atoms with Crippen LogP contribution in [0.25, 0.3) is 0 Å².